The molecule has 0 bridgehead atoms. The number of nitrogens with one attached hydrogen (secondary N) is 2. The number of aromatic nitrogens is 4. The normalized spacial score (nSPS) is 19.1. The van der Waals surface area contributed by atoms with Gasteiger partial charge in [-0.15, -0.1) is 0 Å². The molecule has 7 nitrogen and oxygen atoms in total. The quantitative estimate of drug-likeness (QED) is 0.886. The lowest BCUT2D eigenvalue weighted by Gasteiger charge is -2.33. The lowest BCUT2D eigenvalue weighted by molar-refractivity contribution is -0.00531. The molecule has 23 heavy (non-hydrogen) atoms. The molecule has 1 aliphatic rings. The van der Waals surface area contributed by atoms with Gasteiger partial charge in [0.1, 0.15) is 17.6 Å². The van der Waals surface area contributed by atoms with E-state index < -0.39 is 0 Å². The highest BCUT2D eigenvalue weighted by molar-refractivity contribution is 5.92. The van der Waals surface area contributed by atoms with Crippen LogP contribution in [0.2, 0.25) is 0 Å². The standard InChI is InChI=1S/C16H23N5O2/c1-10-8-17-14(18-10)12-9-23-6-5-21(12)15(22)11-7-13(20-19-11)16(2,3)4/h7-8,12H,5-6,9H2,1-4H3,(H,17,18)(H,19,20). The second kappa shape index (κ2) is 5.81. The first-order valence-corrected chi connectivity index (χ1v) is 7.82. The van der Waals surface area contributed by atoms with Gasteiger partial charge in [-0.3, -0.25) is 9.89 Å². The Balaban J connectivity index is 1.85. The molecule has 1 fully saturated rings. The molecule has 0 aliphatic carbocycles. The molecule has 0 aromatic carbocycles. The van der Waals surface area contributed by atoms with Gasteiger partial charge in [-0.2, -0.15) is 5.10 Å². The van der Waals surface area contributed by atoms with E-state index in [1.165, 1.54) is 0 Å². The summed E-state index contributed by atoms with van der Waals surface area (Å²) in [5, 5.41) is 7.18. The SMILES string of the molecule is Cc1cnc(C2COCCN2C(=O)c2cc(C(C)(C)C)[nH]n2)[nH]1. The van der Waals surface area contributed by atoms with Crippen molar-refractivity contribution >= 4 is 5.91 Å². The van der Waals surface area contributed by atoms with E-state index in [2.05, 4.69) is 40.9 Å². The lowest BCUT2D eigenvalue weighted by atomic mass is 9.92. The smallest absolute Gasteiger partial charge is 0.275 e. The maximum Gasteiger partial charge on any atom is 0.275 e. The highest BCUT2D eigenvalue weighted by Gasteiger charge is 2.32. The number of hydrogen-bond donors (Lipinski definition) is 2. The van der Waals surface area contributed by atoms with E-state index in [0.717, 1.165) is 17.2 Å². The Kier molecular flexibility index (Phi) is 3.97. The Hall–Kier alpha value is -2.15. The van der Waals surface area contributed by atoms with Gasteiger partial charge in [0.15, 0.2) is 0 Å². The fraction of sp³-hybridized carbons (Fsp3) is 0.562. The van der Waals surface area contributed by atoms with Crippen molar-refractivity contribution in [3.63, 3.8) is 0 Å². The molecule has 2 aromatic heterocycles. The zero-order chi connectivity index (χ0) is 16.6. The van der Waals surface area contributed by atoms with Gasteiger partial charge in [0, 0.05) is 29.5 Å². The van der Waals surface area contributed by atoms with Crippen molar-refractivity contribution in [2.24, 2.45) is 0 Å². The van der Waals surface area contributed by atoms with E-state index in [4.69, 9.17) is 4.74 Å². The molecule has 3 rings (SSSR count). The molecular formula is C16H23N5O2. The first kappa shape index (κ1) is 15.7. The number of morpholine rings is 1. The third-order valence-corrected chi connectivity index (χ3v) is 4.03. The number of rotatable bonds is 2. The number of hydrogen-bond acceptors (Lipinski definition) is 4. The van der Waals surface area contributed by atoms with Crippen LogP contribution in [0.15, 0.2) is 12.3 Å². The van der Waals surface area contributed by atoms with Gasteiger partial charge in [0.2, 0.25) is 0 Å². The van der Waals surface area contributed by atoms with E-state index >= 15 is 0 Å². The van der Waals surface area contributed by atoms with Crippen LogP contribution >= 0.6 is 0 Å². The molecule has 3 heterocycles. The summed E-state index contributed by atoms with van der Waals surface area (Å²) < 4.78 is 5.54. The van der Waals surface area contributed by atoms with Crippen LogP contribution in [0.1, 0.15) is 54.5 Å². The van der Waals surface area contributed by atoms with E-state index in [1.807, 2.05) is 13.0 Å². The number of carbonyl (C=O) groups excluding carboxylic acids is 1. The molecule has 0 saturated carbocycles. The highest BCUT2D eigenvalue weighted by Crippen LogP contribution is 2.25. The van der Waals surface area contributed by atoms with Gasteiger partial charge in [-0.05, 0) is 13.0 Å². The molecule has 0 radical (unpaired) electrons. The molecule has 1 amide bonds. The topological polar surface area (TPSA) is 86.9 Å². The molecule has 1 saturated heterocycles. The summed E-state index contributed by atoms with van der Waals surface area (Å²) in [5.74, 6) is 0.654. The molecule has 7 heteroatoms. The number of imidazole rings is 1. The molecule has 124 valence electrons. The fourth-order valence-electron chi connectivity index (χ4n) is 2.64. The van der Waals surface area contributed by atoms with Crippen molar-refractivity contribution in [3.05, 3.63) is 35.2 Å². The number of nitrogens with zero attached hydrogens (tertiary/aromatic N) is 3. The Labute approximate surface area is 135 Å². The first-order chi connectivity index (χ1) is 10.9. The van der Waals surface area contributed by atoms with Crippen LogP contribution in [0.4, 0.5) is 0 Å². The van der Waals surface area contributed by atoms with Gasteiger partial charge in [0.05, 0.1) is 13.2 Å². The molecule has 2 aromatic rings. The van der Waals surface area contributed by atoms with Crippen LogP contribution in [0.25, 0.3) is 0 Å². The molecule has 1 atom stereocenters. The highest BCUT2D eigenvalue weighted by atomic mass is 16.5. The van der Waals surface area contributed by atoms with Gasteiger partial charge in [0.25, 0.3) is 5.91 Å². The van der Waals surface area contributed by atoms with Crippen molar-refractivity contribution in [3.8, 4) is 0 Å². The Morgan fingerprint density at radius 3 is 2.83 bits per heavy atom. The average molecular weight is 317 g/mol. The summed E-state index contributed by atoms with van der Waals surface area (Å²) in [7, 11) is 0. The summed E-state index contributed by atoms with van der Waals surface area (Å²) in [6, 6.07) is 1.63. The molecule has 0 spiro atoms. The van der Waals surface area contributed by atoms with Gasteiger partial charge in [-0.1, -0.05) is 20.8 Å². The molecule has 1 aliphatic heterocycles. The van der Waals surface area contributed by atoms with E-state index in [0.29, 0.717) is 25.5 Å². The van der Waals surface area contributed by atoms with E-state index in [1.54, 1.807) is 11.1 Å². The minimum absolute atomic E-state index is 0.0753. The van der Waals surface area contributed by atoms with Crippen molar-refractivity contribution in [1.82, 2.24) is 25.1 Å². The molecule has 1 unspecified atom stereocenters. The van der Waals surface area contributed by atoms with Crippen LogP contribution < -0.4 is 0 Å². The summed E-state index contributed by atoms with van der Waals surface area (Å²) in [6.45, 7) is 9.68. The number of ether oxygens (including phenoxy) is 1. The second-order valence-electron chi connectivity index (χ2n) is 6.96. The second-order valence-corrected chi connectivity index (χ2v) is 6.96. The minimum Gasteiger partial charge on any atom is -0.377 e. The zero-order valence-corrected chi connectivity index (χ0v) is 14.0. The predicted octanol–water partition coefficient (Wildman–Crippen LogP) is 1.95. The van der Waals surface area contributed by atoms with Gasteiger partial charge in [-0.25, -0.2) is 4.98 Å². The van der Waals surface area contributed by atoms with Crippen molar-refractivity contribution in [1.29, 1.82) is 0 Å². The Bertz CT molecular complexity index is 697. The summed E-state index contributed by atoms with van der Waals surface area (Å²) in [4.78, 5) is 22.2. The van der Waals surface area contributed by atoms with Crippen molar-refractivity contribution in [2.75, 3.05) is 19.8 Å². The molecule has 2 N–H and O–H groups in total. The predicted molar refractivity (Wildman–Crippen MR) is 85.2 cm³/mol. The Morgan fingerprint density at radius 1 is 1.43 bits per heavy atom. The van der Waals surface area contributed by atoms with E-state index in [9.17, 15) is 4.79 Å². The number of carbonyl (C=O) groups is 1. The number of aryl methyl sites for hydroxylation is 1. The maximum atomic E-state index is 12.9. The first-order valence-electron chi connectivity index (χ1n) is 7.82. The number of aromatic amines is 2. The minimum atomic E-state index is -0.209. The number of H-pyrrole nitrogens is 2. The van der Waals surface area contributed by atoms with Crippen molar-refractivity contribution in [2.45, 2.75) is 39.2 Å². The molecular weight excluding hydrogens is 294 g/mol. The third kappa shape index (κ3) is 3.14. The Morgan fingerprint density at radius 2 is 2.22 bits per heavy atom. The monoisotopic (exact) mass is 317 g/mol. The summed E-state index contributed by atoms with van der Waals surface area (Å²) in [5.41, 5.74) is 2.27. The van der Waals surface area contributed by atoms with Crippen molar-refractivity contribution < 1.29 is 9.53 Å². The fourth-order valence-corrected chi connectivity index (χ4v) is 2.64. The van der Waals surface area contributed by atoms with Crippen LogP contribution in [0.3, 0.4) is 0 Å². The summed E-state index contributed by atoms with van der Waals surface area (Å²) in [6.07, 6.45) is 1.76. The summed E-state index contributed by atoms with van der Waals surface area (Å²) >= 11 is 0. The van der Waals surface area contributed by atoms with Crippen LogP contribution in [-0.2, 0) is 10.2 Å². The van der Waals surface area contributed by atoms with Crippen LogP contribution in [0.5, 0.6) is 0 Å². The van der Waals surface area contributed by atoms with Gasteiger partial charge >= 0.3 is 0 Å². The maximum absolute atomic E-state index is 12.9. The van der Waals surface area contributed by atoms with Gasteiger partial charge < -0.3 is 14.6 Å². The van der Waals surface area contributed by atoms with Crippen LogP contribution in [0, 0.1) is 6.92 Å². The van der Waals surface area contributed by atoms with Crippen LogP contribution in [-0.4, -0.2) is 50.7 Å². The zero-order valence-electron chi connectivity index (χ0n) is 14.0. The third-order valence-electron chi connectivity index (χ3n) is 4.03. The lowest BCUT2D eigenvalue weighted by Crippen LogP contribution is -2.44. The number of amides is 1. The largest absolute Gasteiger partial charge is 0.377 e. The van der Waals surface area contributed by atoms with E-state index in [-0.39, 0.29) is 17.4 Å². The average Bonchev–Trinajstić information content (AvgIpc) is 3.15.